The van der Waals surface area contributed by atoms with Crippen LogP contribution < -0.4 is 5.73 Å². The molecule has 0 amide bonds. The molecule has 0 aromatic rings. The SMILES string of the molecule is CCCCCCCCCC(N)CCCCCCC[C@H](C)C1(C[C@H]2C[C@H]2CCCCC)CC1. The van der Waals surface area contributed by atoms with Gasteiger partial charge in [-0.1, -0.05) is 130 Å². The zero-order valence-electron chi connectivity index (χ0n) is 22.7. The number of hydrogen-bond donors (Lipinski definition) is 1. The van der Waals surface area contributed by atoms with E-state index < -0.39 is 0 Å². The molecule has 1 unspecified atom stereocenters. The molecular formula is C31H61N. The van der Waals surface area contributed by atoms with Gasteiger partial charge in [-0.15, -0.1) is 0 Å². The van der Waals surface area contributed by atoms with Crippen molar-refractivity contribution >= 4 is 0 Å². The summed E-state index contributed by atoms with van der Waals surface area (Å²) < 4.78 is 0. The highest BCUT2D eigenvalue weighted by molar-refractivity contribution is 5.02. The fraction of sp³-hybridized carbons (Fsp3) is 1.00. The van der Waals surface area contributed by atoms with Crippen molar-refractivity contribution in [2.24, 2.45) is 28.9 Å². The van der Waals surface area contributed by atoms with Crippen LogP contribution in [0.15, 0.2) is 0 Å². The Balaban J connectivity index is 1.38. The molecule has 1 nitrogen and oxygen atoms in total. The molecule has 2 fully saturated rings. The predicted molar refractivity (Wildman–Crippen MR) is 144 cm³/mol. The van der Waals surface area contributed by atoms with Crippen LogP contribution >= 0.6 is 0 Å². The maximum atomic E-state index is 6.36. The van der Waals surface area contributed by atoms with E-state index in [-0.39, 0.29) is 0 Å². The van der Waals surface area contributed by atoms with Crippen molar-refractivity contribution in [1.29, 1.82) is 0 Å². The molecule has 4 atom stereocenters. The Morgan fingerprint density at radius 3 is 1.72 bits per heavy atom. The van der Waals surface area contributed by atoms with E-state index in [4.69, 9.17) is 5.73 Å². The molecule has 0 aliphatic heterocycles. The van der Waals surface area contributed by atoms with Gasteiger partial charge in [-0.2, -0.15) is 0 Å². The summed E-state index contributed by atoms with van der Waals surface area (Å²) in [5, 5.41) is 0. The molecule has 0 radical (unpaired) electrons. The third-order valence-corrected chi connectivity index (χ3v) is 9.24. The van der Waals surface area contributed by atoms with Gasteiger partial charge in [-0.05, 0) is 61.7 Å². The Morgan fingerprint density at radius 1 is 0.656 bits per heavy atom. The molecule has 0 spiro atoms. The van der Waals surface area contributed by atoms with Crippen molar-refractivity contribution in [2.45, 2.75) is 174 Å². The summed E-state index contributed by atoms with van der Waals surface area (Å²) in [7, 11) is 0. The third-order valence-electron chi connectivity index (χ3n) is 9.24. The number of nitrogens with two attached hydrogens (primary N) is 1. The monoisotopic (exact) mass is 447 g/mol. The van der Waals surface area contributed by atoms with E-state index in [2.05, 4.69) is 20.8 Å². The molecule has 0 saturated heterocycles. The van der Waals surface area contributed by atoms with Gasteiger partial charge in [0.1, 0.15) is 0 Å². The van der Waals surface area contributed by atoms with Crippen LogP contribution in [0.2, 0.25) is 0 Å². The van der Waals surface area contributed by atoms with E-state index in [1.54, 1.807) is 25.7 Å². The van der Waals surface area contributed by atoms with Crippen molar-refractivity contribution in [1.82, 2.24) is 0 Å². The molecule has 0 aromatic carbocycles. The molecule has 1 heteroatoms. The molecule has 0 heterocycles. The van der Waals surface area contributed by atoms with Crippen molar-refractivity contribution in [3.8, 4) is 0 Å². The third kappa shape index (κ3) is 11.9. The molecule has 2 saturated carbocycles. The maximum absolute atomic E-state index is 6.36. The van der Waals surface area contributed by atoms with Crippen LogP contribution in [0.5, 0.6) is 0 Å². The van der Waals surface area contributed by atoms with E-state index in [1.165, 1.54) is 122 Å². The number of unbranched alkanes of at least 4 members (excludes halogenated alkanes) is 12. The number of rotatable bonds is 23. The van der Waals surface area contributed by atoms with Gasteiger partial charge in [0.25, 0.3) is 0 Å². The average Bonchev–Trinajstić information content (AvgIpc) is 3.71. The maximum Gasteiger partial charge on any atom is 0.00388 e. The zero-order chi connectivity index (χ0) is 23.1. The molecule has 0 aromatic heterocycles. The highest BCUT2D eigenvalue weighted by atomic mass is 14.6. The number of hydrogen-bond acceptors (Lipinski definition) is 1. The van der Waals surface area contributed by atoms with Crippen LogP contribution in [-0.4, -0.2) is 6.04 Å². The first-order valence-corrected chi connectivity index (χ1v) is 15.4. The van der Waals surface area contributed by atoms with Crippen molar-refractivity contribution in [2.75, 3.05) is 0 Å². The lowest BCUT2D eigenvalue weighted by molar-refractivity contribution is 0.266. The fourth-order valence-corrected chi connectivity index (χ4v) is 6.35. The first-order valence-electron chi connectivity index (χ1n) is 15.4. The first kappa shape index (κ1) is 28.2. The molecule has 2 rings (SSSR count). The van der Waals surface area contributed by atoms with Gasteiger partial charge in [0, 0.05) is 6.04 Å². The van der Waals surface area contributed by atoms with E-state index in [0.717, 1.165) is 23.2 Å². The quantitative estimate of drug-likeness (QED) is 0.155. The van der Waals surface area contributed by atoms with Gasteiger partial charge in [-0.25, -0.2) is 0 Å². The van der Waals surface area contributed by atoms with Gasteiger partial charge in [0.2, 0.25) is 0 Å². The lowest BCUT2D eigenvalue weighted by atomic mass is 9.82. The average molecular weight is 448 g/mol. The summed E-state index contributed by atoms with van der Waals surface area (Å²) in [6, 6.07) is 0.466. The topological polar surface area (TPSA) is 26.0 Å². The zero-order valence-corrected chi connectivity index (χ0v) is 22.7. The lowest BCUT2D eigenvalue weighted by Crippen LogP contribution is -2.19. The molecular weight excluding hydrogens is 386 g/mol. The lowest BCUT2D eigenvalue weighted by Gasteiger charge is -2.24. The molecule has 0 bridgehead atoms. The highest BCUT2D eigenvalue weighted by Gasteiger charge is 2.51. The van der Waals surface area contributed by atoms with Gasteiger partial charge in [0.15, 0.2) is 0 Å². The predicted octanol–water partition coefficient (Wildman–Crippen LogP) is 10.2. The van der Waals surface area contributed by atoms with E-state index in [9.17, 15) is 0 Å². The summed E-state index contributed by atoms with van der Waals surface area (Å²) in [6.07, 6.45) is 33.1. The van der Waals surface area contributed by atoms with E-state index >= 15 is 0 Å². The largest absolute Gasteiger partial charge is 0.328 e. The highest BCUT2D eigenvalue weighted by Crippen LogP contribution is 2.62. The van der Waals surface area contributed by atoms with Gasteiger partial charge in [-0.3, -0.25) is 0 Å². The van der Waals surface area contributed by atoms with Crippen LogP contribution in [0, 0.1) is 23.2 Å². The fourth-order valence-electron chi connectivity index (χ4n) is 6.35. The van der Waals surface area contributed by atoms with Crippen LogP contribution in [0.1, 0.15) is 168 Å². The smallest absolute Gasteiger partial charge is 0.00388 e. The van der Waals surface area contributed by atoms with Crippen molar-refractivity contribution < 1.29 is 0 Å². The minimum Gasteiger partial charge on any atom is -0.328 e. The second-order valence-corrected chi connectivity index (χ2v) is 12.2. The summed E-state index contributed by atoms with van der Waals surface area (Å²) in [6.45, 7) is 7.21. The van der Waals surface area contributed by atoms with Crippen molar-refractivity contribution in [3.05, 3.63) is 0 Å². The molecule has 2 N–H and O–H groups in total. The van der Waals surface area contributed by atoms with Crippen LogP contribution in [-0.2, 0) is 0 Å². The summed E-state index contributed by atoms with van der Waals surface area (Å²) in [5.41, 5.74) is 7.14. The Bertz CT molecular complexity index is 440. The van der Waals surface area contributed by atoms with E-state index in [1.807, 2.05) is 0 Å². The van der Waals surface area contributed by atoms with Crippen LogP contribution in [0.25, 0.3) is 0 Å². The van der Waals surface area contributed by atoms with Crippen molar-refractivity contribution in [3.63, 3.8) is 0 Å². The minimum absolute atomic E-state index is 0.466. The molecule has 2 aliphatic carbocycles. The molecule has 32 heavy (non-hydrogen) atoms. The van der Waals surface area contributed by atoms with Crippen LogP contribution in [0.3, 0.4) is 0 Å². The van der Waals surface area contributed by atoms with Gasteiger partial charge in [0.05, 0.1) is 0 Å². The van der Waals surface area contributed by atoms with Crippen LogP contribution in [0.4, 0.5) is 0 Å². The normalized spacial score (nSPS) is 23.2. The Kier molecular flexibility index (Phi) is 14.6. The standard InChI is InChI=1S/C31H61N/c1-4-6-8-9-10-13-17-21-30(32)22-18-14-11-12-16-19-27(3)31(23-24-31)26-29-25-28(29)20-15-7-5-2/h27-30H,4-26,32H2,1-3H3/t27-,28+,29+,30?/m0/s1. The summed E-state index contributed by atoms with van der Waals surface area (Å²) in [4.78, 5) is 0. The Morgan fingerprint density at radius 2 is 1.16 bits per heavy atom. The first-order chi connectivity index (χ1) is 15.6. The summed E-state index contributed by atoms with van der Waals surface area (Å²) >= 11 is 0. The van der Waals surface area contributed by atoms with Gasteiger partial charge < -0.3 is 5.73 Å². The second-order valence-electron chi connectivity index (χ2n) is 12.2. The van der Waals surface area contributed by atoms with E-state index in [0.29, 0.717) is 6.04 Å². The van der Waals surface area contributed by atoms with Gasteiger partial charge >= 0.3 is 0 Å². The molecule has 190 valence electrons. The Labute approximate surface area is 203 Å². The Hall–Kier alpha value is -0.0400. The summed E-state index contributed by atoms with van der Waals surface area (Å²) in [5.74, 6) is 3.21. The second kappa shape index (κ2) is 16.6. The molecule has 2 aliphatic rings. The minimum atomic E-state index is 0.466.